The molecule has 3 unspecified atom stereocenters. The first-order chi connectivity index (χ1) is 10.8. The molecule has 1 aromatic carbocycles. The molecule has 2 fully saturated rings. The third kappa shape index (κ3) is 3.33. The summed E-state index contributed by atoms with van der Waals surface area (Å²) in [6, 6.07) is 10.4. The lowest BCUT2D eigenvalue weighted by Gasteiger charge is -2.31. The zero-order chi connectivity index (χ0) is 15.4. The summed E-state index contributed by atoms with van der Waals surface area (Å²) in [5.74, 6) is 0.227. The van der Waals surface area contributed by atoms with E-state index >= 15 is 0 Å². The maximum absolute atomic E-state index is 12.7. The molecule has 1 aliphatic heterocycles. The van der Waals surface area contributed by atoms with E-state index in [2.05, 4.69) is 12.1 Å². The molecule has 22 heavy (non-hydrogen) atoms. The fraction of sp³-hybridized carbons (Fsp3) is 0.611. The van der Waals surface area contributed by atoms with Gasteiger partial charge in [0.2, 0.25) is 5.91 Å². The summed E-state index contributed by atoms with van der Waals surface area (Å²) >= 11 is 0. The van der Waals surface area contributed by atoms with E-state index in [9.17, 15) is 4.79 Å². The molecule has 4 heteroatoms. The van der Waals surface area contributed by atoms with Gasteiger partial charge in [-0.05, 0) is 31.7 Å². The van der Waals surface area contributed by atoms with Gasteiger partial charge >= 0.3 is 0 Å². The number of aryl methyl sites for hydroxylation is 1. The van der Waals surface area contributed by atoms with E-state index in [1.807, 2.05) is 30.0 Å². The molecule has 2 bridgehead atoms. The van der Waals surface area contributed by atoms with Gasteiger partial charge in [-0.1, -0.05) is 30.3 Å². The summed E-state index contributed by atoms with van der Waals surface area (Å²) in [6.07, 6.45) is 3.56. The van der Waals surface area contributed by atoms with Crippen LogP contribution >= 0.6 is 0 Å². The van der Waals surface area contributed by atoms with Crippen LogP contribution in [0, 0.1) is 0 Å². The van der Waals surface area contributed by atoms with Crippen LogP contribution in [-0.2, 0) is 20.7 Å². The van der Waals surface area contributed by atoms with Crippen molar-refractivity contribution in [3.8, 4) is 0 Å². The lowest BCUT2D eigenvalue weighted by molar-refractivity contribution is -0.135. The van der Waals surface area contributed by atoms with Crippen LogP contribution in [0.1, 0.15) is 31.7 Å². The predicted octanol–water partition coefficient (Wildman–Crippen LogP) is 2.41. The van der Waals surface area contributed by atoms with Crippen molar-refractivity contribution in [3.05, 3.63) is 35.9 Å². The van der Waals surface area contributed by atoms with Gasteiger partial charge in [0, 0.05) is 19.6 Å². The highest BCUT2D eigenvalue weighted by molar-refractivity contribution is 5.77. The minimum absolute atomic E-state index is 0.0492. The molecule has 1 amide bonds. The van der Waals surface area contributed by atoms with Crippen molar-refractivity contribution in [3.63, 3.8) is 0 Å². The van der Waals surface area contributed by atoms with E-state index in [-0.39, 0.29) is 24.2 Å². The Labute approximate surface area is 132 Å². The molecule has 4 nitrogen and oxygen atoms in total. The Morgan fingerprint density at radius 3 is 2.91 bits per heavy atom. The normalized spacial score (nSPS) is 27.7. The second-order valence-electron chi connectivity index (χ2n) is 6.05. The summed E-state index contributed by atoms with van der Waals surface area (Å²) in [7, 11) is 0. The molecule has 120 valence electrons. The zero-order valence-corrected chi connectivity index (χ0v) is 13.2. The van der Waals surface area contributed by atoms with Crippen LogP contribution in [0.2, 0.25) is 0 Å². The molecule has 1 aliphatic carbocycles. The van der Waals surface area contributed by atoms with Gasteiger partial charge in [-0.3, -0.25) is 4.79 Å². The predicted molar refractivity (Wildman–Crippen MR) is 84.7 cm³/mol. The van der Waals surface area contributed by atoms with Crippen molar-refractivity contribution in [2.24, 2.45) is 0 Å². The number of hydrogen-bond donors (Lipinski definition) is 0. The first kappa shape index (κ1) is 15.5. The lowest BCUT2D eigenvalue weighted by Crippen LogP contribution is -2.46. The summed E-state index contributed by atoms with van der Waals surface area (Å²) in [4.78, 5) is 14.7. The molecule has 0 spiro atoms. The minimum Gasteiger partial charge on any atom is -0.374 e. The van der Waals surface area contributed by atoms with Crippen molar-refractivity contribution in [2.45, 2.75) is 50.9 Å². The highest BCUT2D eigenvalue weighted by Crippen LogP contribution is 2.32. The average molecular weight is 303 g/mol. The van der Waals surface area contributed by atoms with Gasteiger partial charge in [0.15, 0.2) is 0 Å². The van der Waals surface area contributed by atoms with E-state index in [1.54, 1.807) is 0 Å². The number of ether oxygens (including phenoxy) is 2. The first-order valence-electron chi connectivity index (χ1n) is 8.36. The first-order valence-corrected chi connectivity index (χ1v) is 8.36. The summed E-state index contributed by atoms with van der Waals surface area (Å²) in [5.41, 5.74) is 1.22. The third-order valence-corrected chi connectivity index (χ3v) is 4.71. The summed E-state index contributed by atoms with van der Waals surface area (Å²) in [6.45, 7) is 4.00. The molecule has 3 atom stereocenters. The van der Waals surface area contributed by atoms with E-state index in [0.29, 0.717) is 26.2 Å². The van der Waals surface area contributed by atoms with Gasteiger partial charge in [-0.2, -0.15) is 0 Å². The number of carbonyl (C=O) groups is 1. The Hall–Kier alpha value is -1.39. The molecule has 3 rings (SSSR count). The molecule has 0 N–H and O–H groups in total. The van der Waals surface area contributed by atoms with Crippen molar-refractivity contribution in [1.82, 2.24) is 4.90 Å². The van der Waals surface area contributed by atoms with Gasteiger partial charge in [0.05, 0.1) is 18.8 Å². The number of nitrogens with zero attached hydrogens (tertiary/aromatic N) is 1. The second-order valence-corrected chi connectivity index (χ2v) is 6.05. The van der Waals surface area contributed by atoms with E-state index in [1.165, 1.54) is 5.56 Å². The van der Waals surface area contributed by atoms with E-state index < -0.39 is 0 Å². The largest absolute Gasteiger partial charge is 0.374 e. The van der Waals surface area contributed by atoms with Crippen molar-refractivity contribution in [2.75, 3.05) is 19.8 Å². The van der Waals surface area contributed by atoms with Crippen LogP contribution in [0.5, 0.6) is 0 Å². The van der Waals surface area contributed by atoms with Crippen molar-refractivity contribution in [1.29, 1.82) is 0 Å². The molecule has 1 saturated heterocycles. The number of fused-ring (bicyclic) bond motifs is 2. The van der Waals surface area contributed by atoms with Crippen LogP contribution in [0.3, 0.4) is 0 Å². The molecule has 1 heterocycles. The Bertz CT molecular complexity index is 490. The fourth-order valence-corrected chi connectivity index (χ4v) is 3.65. The molecule has 1 saturated carbocycles. The van der Waals surface area contributed by atoms with Crippen LogP contribution in [0.25, 0.3) is 0 Å². The number of amides is 1. The van der Waals surface area contributed by atoms with Crippen molar-refractivity contribution >= 4 is 5.91 Å². The number of hydrogen-bond acceptors (Lipinski definition) is 3. The topological polar surface area (TPSA) is 38.8 Å². The zero-order valence-electron chi connectivity index (χ0n) is 13.2. The van der Waals surface area contributed by atoms with E-state index in [0.717, 1.165) is 19.3 Å². The molecular weight excluding hydrogens is 278 g/mol. The van der Waals surface area contributed by atoms with Crippen LogP contribution in [-0.4, -0.2) is 48.8 Å². The number of benzene rings is 1. The molecule has 0 radical (unpaired) electrons. The third-order valence-electron chi connectivity index (χ3n) is 4.71. The highest BCUT2D eigenvalue weighted by atomic mass is 16.5. The van der Waals surface area contributed by atoms with Crippen LogP contribution in [0.4, 0.5) is 0 Å². The Kier molecular flexibility index (Phi) is 5.11. The SMILES string of the molecule is CCOC1C2CCC1N(C(=O)CCc1ccccc1)CCO2. The van der Waals surface area contributed by atoms with Crippen LogP contribution < -0.4 is 0 Å². The maximum atomic E-state index is 12.7. The van der Waals surface area contributed by atoms with Gasteiger partial charge < -0.3 is 14.4 Å². The fourth-order valence-electron chi connectivity index (χ4n) is 3.65. The average Bonchev–Trinajstić information content (AvgIpc) is 2.82. The Balaban J connectivity index is 1.63. The monoisotopic (exact) mass is 303 g/mol. The summed E-state index contributed by atoms with van der Waals surface area (Å²) < 4.78 is 11.8. The Morgan fingerprint density at radius 1 is 1.32 bits per heavy atom. The summed E-state index contributed by atoms with van der Waals surface area (Å²) in [5, 5.41) is 0. The quantitative estimate of drug-likeness (QED) is 0.838. The van der Waals surface area contributed by atoms with Crippen LogP contribution in [0.15, 0.2) is 30.3 Å². The smallest absolute Gasteiger partial charge is 0.223 e. The van der Waals surface area contributed by atoms with Gasteiger partial charge in [-0.25, -0.2) is 0 Å². The molecular formula is C18H25NO3. The lowest BCUT2D eigenvalue weighted by atomic mass is 10.1. The van der Waals surface area contributed by atoms with E-state index in [4.69, 9.17) is 9.47 Å². The number of rotatable bonds is 5. The molecule has 2 aliphatic rings. The minimum atomic E-state index is 0.0492. The maximum Gasteiger partial charge on any atom is 0.223 e. The Morgan fingerprint density at radius 2 is 2.14 bits per heavy atom. The highest BCUT2D eigenvalue weighted by Gasteiger charge is 2.44. The van der Waals surface area contributed by atoms with Gasteiger partial charge in [-0.15, -0.1) is 0 Å². The standard InChI is InChI=1S/C18H25NO3/c1-2-21-18-15-9-10-16(18)22-13-12-19(15)17(20)11-8-14-6-4-3-5-7-14/h3-7,15-16,18H,2,8-13H2,1H3. The number of carbonyl (C=O) groups excluding carboxylic acids is 1. The van der Waals surface area contributed by atoms with Gasteiger partial charge in [0.25, 0.3) is 0 Å². The molecule has 1 aromatic rings. The second kappa shape index (κ2) is 7.25. The van der Waals surface area contributed by atoms with Crippen molar-refractivity contribution < 1.29 is 14.3 Å². The van der Waals surface area contributed by atoms with Gasteiger partial charge in [0.1, 0.15) is 6.10 Å². The molecule has 0 aromatic heterocycles.